The van der Waals surface area contributed by atoms with Crippen LogP contribution in [0.4, 0.5) is 0 Å². The van der Waals surface area contributed by atoms with Gasteiger partial charge in [-0.3, -0.25) is 9.59 Å². The van der Waals surface area contributed by atoms with Crippen LogP contribution in [0.5, 0.6) is 11.5 Å². The Morgan fingerprint density at radius 3 is 2.63 bits per heavy atom. The van der Waals surface area contributed by atoms with Gasteiger partial charge in [-0.15, -0.1) is 10.2 Å². The van der Waals surface area contributed by atoms with Crippen LogP contribution >= 0.6 is 11.6 Å². The molecule has 1 aromatic carbocycles. The third kappa shape index (κ3) is 2.73. The molecule has 0 bridgehead atoms. The number of nitrogens with zero attached hydrogens (tertiary/aromatic N) is 2. The molecule has 1 N–H and O–H groups in total. The molecule has 0 saturated heterocycles. The lowest BCUT2D eigenvalue weighted by molar-refractivity contribution is -0.118. The quantitative estimate of drug-likeness (QED) is 0.773. The van der Waals surface area contributed by atoms with E-state index in [1.807, 2.05) is 0 Å². The van der Waals surface area contributed by atoms with Crippen molar-refractivity contribution in [3.8, 4) is 23.0 Å². The van der Waals surface area contributed by atoms with Crippen LogP contribution in [0, 0.1) is 5.92 Å². The fourth-order valence-corrected chi connectivity index (χ4v) is 4.11. The lowest BCUT2D eigenvalue weighted by atomic mass is 9.75. The second kappa shape index (κ2) is 7.10. The number of hydrogen-bond acceptors (Lipinski definition) is 9. The maximum Gasteiger partial charge on any atom is 0.249 e. The number of methoxy groups -OCH3 is 2. The van der Waals surface area contributed by atoms with E-state index < -0.39 is 23.4 Å². The first-order chi connectivity index (χ1) is 14.2. The largest absolute Gasteiger partial charge is 0.496 e. The van der Waals surface area contributed by atoms with Gasteiger partial charge >= 0.3 is 0 Å². The molecule has 1 aliphatic heterocycles. The highest BCUT2D eigenvalue weighted by Gasteiger charge is 2.59. The molecular weight excluding hydrogens is 416 g/mol. The molecule has 158 valence electrons. The highest BCUT2D eigenvalue weighted by atomic mass is 35.5. The topological polar surface area (TPSA) is 121 Å². The zero-order valence-corrected chi connectivity index (χ0v) is 17.4. The third-order valence-electron chi connectivity index (χ3n) is 5.34. The van der Waals surface area contributed by atoms with Crippen molar-refractivity contribution < 1.29 is 33.3 Å². The van der Waals surface area contributed by atoms with Crippen molar-refractivity contribution in [2.45, 2.75) is 32.0 Å². The molecule has 2 aromatic rings. The molecule has 1 spiro atoms. The Morgan fingerprint density at radius 1 is 1.30 bits per heavy atom. The fraction of sp³-hybridized carbons (Fsp3) is 0.400. The predicted octanol–water partition coefficient (Wildman–Crippen LogP) is 2.91. The van der Waals surface area contributed by atoms with E-state index in [2.05, 4.69) is 10.2 Å². The Bertz CT molecular complexity index is 1090. The van der Waals surface area contributed by atoms with Crippen molar-refractivity contribution in [2.24, 2.45) is 5.92 Å². The van der Waals surface area contributed by atoms with Crippen molar-refractivity contribution in [2.75, 3.05) is 14.2 Å². The average Bonchev–Trinajstić information content (AvgIpc) is 3.31. The number of aliphatic hydroxyl groups is 1. The summed E-state index contributed by atoms with van der Waals surface area (Å²) in [5.41, 5.74) is -1.11. The van der Waals surface area contributed by atoms with Crippen LogP contribution in [0.1, 0.15) is 42.6 Å². The van der Waals surface area contributed by atoms with Gasteiger partial charge in [-0.05, 0) is 13.0 Å². The molecule has 0 saturated carbocycles. The lowest BCUT2D eigenvalue weighted by Gasteiger charge is -2.36. The number of benzene rings is 1. The Labute approximate surface area is 176 Å². The molecule has 9 nitrogen and oxygen atoms in total. The molecule has 30 heavy (non-hydrogen) atoms. The third-order valence-corrected chi connectivity index (χ3v) is 5.72. The highest BCUT2D eigenvalue weighted by Crippen LogP contribution is 2.54. The fourth-order valence-electron chi connectivity index (χ4n) is 3.84. The molecule has 10 heteroatoms. The van der Waals surface area contributed by atoms with Crippen LogP contribution in [-0.4, -0.2) is 46.7 Å². The van der Waals surface area contributed by atoms with Crippen LogP contribution in [0.3, 0.4) is 0 Å². The number of carbonyl (C=O) groups is 2. The number of ketones is 2. The van der Waals surface area contributed by atoms with Gasteiger partial charge in [-0.25, -0.2) is 0 Å². The van der Waals surface area contributed by atoms with E-state index in [1.54, 1.807) is 6.92 Å². The van der Waals surface area contributed by atoms with Crippen molar-refractivity contribution >= 4 is 23.2 Å². The molecule has 0 fully saturated rings. The maximum atomic E-state index is 13.6. The summed E-state index contributed by atoms with van der Waals surface area (Å²) in [6, 6.07) is 1.50. The molecule has 0 radical (unpaired) electrons. The minimum absolute atomic E-state index is 0.0121. The summed E-state index contributed by atoms with van der Waals surface area (Å²) in [5.74, 6) is -0.639. The first-order valence-corrected chi connectivity index (χ1v) is 9.57. The molecule has 1 aromatic heterocycles. The van der Waals surface area contributed by atoms with Crippen LogP contribution in [0.15, 0.2) is 22.3 Å². The van der Waals surface area contributed by atoms with Crippen molar-refractivity contribution in [1.29, 1.82) is 0 Å². The number of aromatic nitrogens is 2. The second-order valence-electron chi connectivity index (χ2n) is 7.22. The lowest BCUT2D eigenvalue weighted by Crippen LogP contribution is -2.51. The summed E-state index contributed by atoms with van der Waals surface area (Å²) in [6.45, 7) is 3.22. The van der Waals surface area contributed by atoms with Crippen LogP contribution in [-0.2, 0) is 9.53 Å². The van der Waals surface area contributed by atoms with Crippen LogP contribution in [0.2, 0.25) is 5.02 Å². The van der Waals surface area contributed by atoms with Gasteiger partial charge in [0.1, 0.15) is 17.4 Å². The summed E-state index contributed by atoms with van der Waals surface area (Å²) in [6.07, 6.45) is 0.427. The Morgan fingerprint density at radius 2 is 2.03 bits per heavy atom. The molecule has 4 rings (SSSR count). The number of fused-ring (bicyclic) bond motifs is 1. The Kier molecular flexibility index (Phi) is 4.82. The average molecular weight is 435 g/mol. The molecule has 2 heterocycles. The van der Waals surface area contributed by atoms with Gasteiger partial charge in [0.15, 0.2) is 17.3 Å². The van der Waals surface area contributed by atoms with Gasteiger partial charge in [-0.2, -0.15) is 0 Å². The normalized spacial score (nSPS) is 23.8. The van der Waals surface area contributed by atoms with Gasteiger partial charge in [0.25, 0.3) is 0 Å². The first-order valence-electron chi connectivity index (χ1n) is 9.19. The number of allylic oxidation sites excluding steroid dienone is 1. The molecule has 0 unspecified atom stereocenters. The second-order valence-corrected chi connectivity index (χ2v) is 7.59. The maximum absolute atomic E-state index is 13.6. The van der Waals surface area contributed by atoms with Crippen molar-refractivity contribution in [1.82, 2.24) is 10.2 Å². The summed E-state index contributed by atoms with van der Waals surface area (Å²) in [4.78, 5) is 25.6. The monoisotopic (exact) mass is 434 g/mol. The van der Waals surface area contributed by atoms with Crippen LogP contribution in [0.25, 0.3) is 11.5 Å². The van der Waals surface area contributed by atoms with Gasteiger partial charge in [-0.1, -0.05) is 18.5 Å². The van der Waals surface area contributed by atoms with E-state index >= 15 is 0 Å². The molecule has 0 amide bonds. The van der Waals surface area contributed by atoms with Crippen molar-refractivity contribution in [3.05, 3.63) is 34.4 Å². The SMILES string of the molecule is COC1=CC(=O)C[C@@H](C)[C@]12Oc1c(Cl)c(-c3nnc([C@@H](C)O)o3)cc(OC)c1C2=O. The first kappa shape index (κ1) is 20.4. The van der Waals surface area contributed by atoms with Crippen LogP contribution < -0.4 is 9.47 Å². The van der Waals surface area contributed by atoms with E-state index in [4.69, 9.17) is 30.2 Å². The van der Waals surface area contributed by atoms with Gasteiger partial charge in [0.2, 0.25) is 23.2 Å². The standard InChI is InChI=1S/C20H19ClN2O7/c1-8-5-10(25)6-13(28-4)20(8)17(26)14-12(27-3)7-11(15(21)16(14)30-20)19-23-22-18(29-19)9(2)24/h6-9,24H,5H2,1-4H3/t8-,9-,20+/m1/s1. The Balaban J connectivity index is 1.91. The van der Waals surface area contributed by atoms with Crippen molar-refractivity contribution in [3.63, 3.8) is 0 Å². The number of hydrogen-bond donors (Lipinski definition) is 1. The molecule has 1 aliphatic carbocycles. The summed E-state index contributed by atoms with van der Waals surface area (Å²) < 4.78 is 22.4. The minimum atomic E-state index is -1.53. The molecule has 2 aliphatic rings. The number of rotatable bonds is 4. The number of ether oxygens (including phenoxy) is 3. The van der Waals surface area contributed by atoms with E-state index in [0.29, 0.717) is 0 Å². The number of aliphatic hydroxyl groups excluding tert-OH is 1. The highest BCUT2D eigenvalue weighted by molar-refractivity contribution is 6.36. The predicted molar refractivity (Wildman–Crippen MR) is 103 cm³/mol. The van der Waals surface area contributed by atoms with E-state index in [1.165, 1.54) is 33.3 Å². The minimum Gasteiger partial charge on any atom is -0.496 e. The zero-order valence-electron chi connectivity index (χ0n) is 16.7. The number of halogens is 1. The summed E-state index contributed by atoms with van der Waals surface area (Å²) in [5, 5.41) is 17.4. The van der Waals surface area contributed by atoms with E-state index in [-0.39, 0.29) is 57.4 Å². The summed E-state index contributed by atoms with van der Waals surface area (Å²) >= 11 is 6.59. The smallest absolute Gasteiger partial charge is 0.249 e. The number of carbonyl (C=O) groups excluding carboxylic acids is 2. The Hall–Kier alpha value is -2.91. The molecule has 3 atom stereocenters. The van der Waals surface area contributed by atoms with Gasteiger partial charge < -0.3 is 23.7 Å². The van der Waals surface area contributed by atoms with Gasteiger partial charge in [0, 0.05) is 18.4 Å². The zero-order chi connectivity index (χ0) is 21.8. The number of Topliss-reactive ketones (excluding diaryl/α,β-unsaturated/α-hetero) is 1. The summed E-state index contributed by atoms with van der Waals surface area (Å²) in [7, 11) is 2.78. The van der Waals surface area contributed by atoms with Gasteiger partial charge in [0.05, 0.1) is 24.8 Å². The molecular formula is C20H19ClN2O7. The van der Waals surface area contributed by atoms with E-state index in [0.717, 1.165) is 0 Å². The van der Waals surface area contributed by atoms with E-state index in [9.17, 15) is 14.7 Å².